The largest absolute Gasteiger partial charge is 0.504 e. The first-order valence-corrected chi connectivity index (χ1v) is 10.6. The molecule has 0 bridgehead atoms. The van der Waals surface area contributed by atoms with Gasteiger partial charge in [-0.15, -0.1) is 0 Å². The van der Waals surface area contributed by atoms with Gasteiger partial charge in [0.25, 0.3) is 5.91 Å². The molecule has 0 spiro atoms. The number of hydrogen-bond donors (Lipinski definition) is 1. The number of methoxy groups -OCH3 is 2. The summed E-state index contributed by atoms with van der Waals surface area (Å²) in [5, 5.41) is 9.85. The van der Waals surface area contributed by atoms with Crippen molar-refractivity contribution in [3.63, 3.8) is 0 Å². The summed E-state index contributed by atoms with van der Waals surface area (Å²) in [4.78, 5) is 15.0. The molecule has 1 fully saturated rings. The van der Waals surface area contributed by atoms with Crippen molar-refractivity contribution in [1.29, 1.82) is 0 Å². The molecule has 0 saturated carbocycles. The number of phenolic OH excluding ortho intramolecular Hbond substituents is 1. The van der Waals surface area contributed by atoms with Crippen molar-refractivity contribution in [1.82, 2.24) is 4.90 Å². The van der Waals surface area contributed by atoms with Gasteiger partial charge in [0, 0.05) is 6.54 Å². The van der Waals surface area contributed by atoms with E-state index in [1.807, 2.05) is 25.1 Å². The molecule has 2 aromatic carbocycles. The van der Waals surface area contributed by atoms with E-state index in [0.29, 0.717) is 46.0 Å². The van der Waals surface area contributed by atoms with E-state index in [9.17, 15) is 9.90 Å². The second-order valence-electron chi connectivity index (χ2n) is 6.43. The van der Waals surface area contributed by atoms with Crippen LogP contribution in [-0.2, 0) is 11.2 Å². The molecular formula is C22H23NO5S2. The van der Waals surface area contributed by atoms with Crippen LogP contribution < -0.4 is 14.2 Å². The summed E-state index contributed by atoms with van der Waals surface area (Å²) >= 11 is 6.69. The second kappa shape index (κ2) is 9.86. The fourth-order valence-corrected chi connectivity index (χ4v) is 4.32. The van der Waals surface area contributed by atoms with Gasteiger partial charge in [-0.2, -0.15) is 0 Å². The topological polar surface area (TPSA) is 68.2 Å². The Balaban J connectivity index is 1.72. The molecule has 30 heavy (non-hydrogen) atoms. The van der Waals surface area contributed by atoms with Gasteiger partial charge in [0.15, 0.2) is 23.0 Å². The monoisotopic (exact) mass is 445 g/mol. The van der Waals surface area contributed by atoms with E-state index in [0.717, 1.165) is 11.1 Å². The average Bonchev–Trinajstić information content (AvgIpc) is 3.01. The third-order valence-electron chi connectivity index (χ3n) is 4.53. The van der Waals surface area contributed by atoms with Crippen LogP contribution in [0.15, 0.2) is 41.3 Å². The lowest BCUT2D eigenvalue weighted by molar-refractivity contribution is -0.122. The van der Waals surface area contributed by atoms with Crippen LogP contribution in [0.3, 0.4) is 0 Å². The number of phenols is 1. The fourth-order valence-electron chi connectivity index (χ4n) is 3.01. The molecule has 1 amide bonds. The Morgan fingerprint density at radius 2 is 1.87 bits per heavy atom. The Kier molecular flexibility index (Phi) is 7.23. The lowest BCUT2D eigenvalue weighted by atomic mass is 10.1. The van der Waals surface area contributed by atoms with Gasteiger partial charge in [0.2, 0.25) is 0 Å². The highest BCUT2D eigenvalue weighted by Gasteiger charge is 2.31. The minimum atomic E-state index is -0.128. The number of ether oxygens (including phenoxy) is 3. The van der Waals surface area contributed by atoms with E-state index in [4.69, 9.17) is 26.4 Å². The van der Waals surface area contributed by atoms with E-state index < -0.39 is 0 Å². The summed E-state index contributed by atoms with van der Waals surface area (Å²) < 4.78 is 16.5. The van der Waals surface area contributed by atoms with E-state index in [1.54, 1.807) is 43.4 Å². The molecule has 1 aliphatic rings. The van der Waals surface area contributed by atoms with Crippen molar-refractivity contribution < 1.29 is 24.1 Å². The van der Waals surface area contributed by atoms with Crippen LogP contribution >= 0.6 is 24.0 Å². The maximum atomic E-state index is 12.9. The van der Waals surface area contributed by atoms with Gasteiger partial charge in [-0.1, -0.05) is 36.1 Å². The number of thioether (sulfide) groups is 1. The summed E-state index contributed by atoms with van der Waals surface area (Å²) in [5.41, 5.74) is 1.78. The number of aromatic hydroxyl groups is 1. The molecule has 0 atom stereocenters. The Labute approximate surface area is 185 Å². The van der Waals surface area contributed by atoms with Crippen molar-refractivity contribution in [2.75, 3.05) is 27.4 Å². The molecule has 0 aromatic heterocycles. The van der Waals surface area contributed by atoms with Crippen LogP contribution in [0.4, 0.5) is 0 Å². The first kappa shape index (κ1) is 22.0. The number of hydrogen-bond acceptors (Lipinski definition) is 7. The molecule has 3 rings (SSSR count). The van der Waals surface area contributed by atoms with Crippen LogP contribution in [-0.4, -0.2) is 47.6 Å². The third-order valence-corrected chi connectivity index (χ3v) is 5.90. The molecule has 1 N–H and O–H groups in total. The fraction of sp³-hybridized carbons (Fsp3) is 0.273. The third kappa shape index (κ3) is 4.88. The molecule has 158 valence electrons. The zero-order valence-electron chi connectivity index (χ0n) is 17.0. The van der Waals surface area contributed by atoms with Crippen molar-refractivity contribution >= 4 is 40.3 Å². The smallest absolute Gasteiger partial charge is 0.266 e. The summed E-state index contributed by atoms with van der Waals surface area (Å²) in [6, 6.07) is 10.7. The first-order chi connectivity index (χ1) is 14.5. The molecule has 1 heterocycles. The number of carbonyl (C=O) groups excluding carboxylic acids is 1. The molecule has 1 saturated heterocycles. The van der Waals surface area contributed by atoms with E-state index in [2.05, 4.69) is 0 Å². The maximum absolute atomic E-state index is 12.9. The Hall–Kier alpha value is -2.71. The van der Waals surface area contributed by atoms with Crippen molar-refractivity contribution in [3.8, 4) is 23.0 Å². The molecule has 8 heteroatoms. The highest BCUT2D eigenvalue weighted by atomic mass is 32.2. The minimum absolute atomic E-state index is 0.0662. The Morgan fingerprint density at radius 1 is 1.10 bits per heavy atom. The van der Waals surface area contributed by atoms with Crippen molar-refractivity contribution in [3.05, 3.63) is 52.4 Å². The standard InChI is InChI=1S/C22H23NO5S2/c1-4-28-18-12-15(5-7-16(18)24)13-20-21(25)23(22(29)30-20)10-9-14-6-8-17(26-2)19(11-14)27-3/h5-8,11-13,24H,4,9-10H2,1-3H3/b20-13-. The van der Waals surface area contributed by atoms with Gasteiger partial charge in [-0.3, -0.25) is 9.69 Å². The quantitative estimate of drug-likeness (QED) is 0.481. The molecule has 6 nitrogen and oxygen atoms in total. The van der Waals surface area contributed by atoms with Gasteiger partial charge in [0.05, 0.1) is 25.7 Å². The maximum Gasteiger partial charge on any atom is 0.266 e. The summed E-state index contributed by atoms with van der Waals surface area (Å²) in [7, 11) is 3.18. The lowest BCUT2D eigenvalue weighted by Gasteiger charge is -2.15. The summed E-state index contributed by atoms with van der Waals surface area (Å²) in [6.07, 6.45) is 2.39. The number of benzene rings is 2. The predicted molar refractivity (Wildman–Crippen MR) is 122 cm³/mol. The SMILES string of the molecule is CCOc1cc(/C=C2\SC(=S)N(CCc3ccc(OC)c(OC)c3)C2=O)ccc1O. The van der Waals surface area contributed by atoms with Crippen LogP contribution in [0.5, 0.6) is 23.0 Å². The predicted octanol–water partition coefficient (Wildman–Crippen LogP) is 4.25. The number of thiocarbonyl (C=S) groups is 1. The number of carbonyl (C=O) groups is 1. The zero-order chi connectivity index (χ0) is 21.7. The van der Waals surface area contributed by atoms with Gasteiger partial charge >= 0.3 is 0 Å². The number of nitrogens with zero attached hydrogens (tertiary/aromatic N) is 1. The zero-order valence-corrected chi connectivity index (χ0v) is 18.6. The summed E-state index contributed by atoms with van der Waals surface area (Å²) in [6.45, 7) is 2.75. The van der Waals surface area contributed by atoms with Crippen molar-refractivity contribution in [2.24, 2.45) is 0 Å². The molecular weight excluding hydrogens is 422 g/mol. The van der Waals surface area contributed by atoms with Gasteiger partial charge in [-0.25, -0.2) is 0 Å². The number of amides is 1. The molecule has 0 radical (unpaired) electrons. The van der Waals surface area contributed by atoms with Gasteiger partial charge in [-0.05, 0) is 54.8 Å². The number of rotatable bonds is 8. The summed E-state index contributed by atoms with van der Waals surface area (Å²) in [5.74, 6) is 1.64. The highest BCUT2D eigenvalue weighted by Crippen LogP contribution is 2.35. The molecule has 1 aliphatic heterocycles. The lowest BCUT2D eigenvalue weighted by Crippen LogP contribution is -2.30. The van der Waals surface area contributed by atoms with E-state index >= 15 is 0 Å². The highest BCUT2D eigenvalue weighted by molar-refractivity contribution is 8.26. The van der Waals surface area contributed by atoms with Gasteiger partial charge < -0.3 is 19.3 Å². The Morgan fingerprint density at radius 3 is 2.57 bits per heavy atom. The van der Waals surface area contributed by atoms with E-state index in [1.165, 1.54) is 11.8 Å². The average molecular weight is 446 g/mol. The van der Waals surface area contributed by atoms with Crippen LogP contribution in [0.1, 0.15) is 18.1 Å². The van der Waals surface area contributed by atoms with Crippen LogP contribution in [0, 0.1) is 0 Å². The van der Waals surface area contributed by atoms with E-state index in [-0.39, 0.29) is 11.7 Å². The normalized spacial score (nSPS) is 15.0. The second-order valence-corrected chi connectivity index (χ2v) is 8.11. The molecule has 0 aliphatic carbocycles. The molecule has 2 aromatic rings. The van der Waals surface area contributed by atoms with Crippen LogP contribution in [0.25, 0.3) is 6.08 Å². The minimum Gasteiger partial charge on any atom is -0.504 e. The first-order valence-electron chi connectivity index (χ1n) is 9.39. The van der Waals surface area contributed by atoms with Crippen molar-refractivity contribution in [2.45, 2.75) is 13.3 Å². The van der Waals surface area contributed by atoms with Gasteiger partial charge in [0.1, 0.15) is 4.32 Å². The van der Waals surface area contributed by atoms with Crippen LogP contribution in [0.2, 0.25) is 0 Å². The Bertz CT molecular complexity index is 989. The molecule has 0 unspecified atom stereocenters.